The number of hydrogen-bond acceptors (Lipinski definition) is 6. The summed E-state index contributed by atoms with van der Waals surface area (Å²) in [5, 5.41) is 9.03. The van der Waals surface area contributed by atoms with Crippen LogP contribution in [0.15, 0.2) is 30.7 Å². The predicted octanol–water partition coefficient (Wildman–Crippen LogP) is 2.43. The molecule has 2 aromatic heterocycles. The Morgan fingerprint density at radius 1 is 1.11 bits per heavy atom. The topological polar surface area (TPSA) is 79.2 Å². The van der Waals surface area contributed by atoms with E-state index >= 15 is 0 Å². The molecule has 0 saturated carbocycles. The van der Waals surface area contributed by atoms with Crippen molar-refractivity contribution in [1.82, 2.24) is 24.6 Å². The van der Waals surface area contributed by atoms with Gasteiger partial charge in [-0.2, -0.15) is 5.10 Å². The van der Waals surface area contributed by atoms with E-state index in [2.05, 4.69) is 30.2 Å². The number of halogens is 2. The molecule has 1 fully saturated rings. The summed E-state index contributed by atoms with van der Waals surface area (Å²) in [6.07, 6.45) is 3.36. The highest BCUT2D eigenvalue weighted by atomic mass is 35.5. The zero-order valence-corrected chi connectivity index (χ0v) is 16.8. The van der Waals surface area contributed by atoms with Gasteiger partial charge in [-0.05, 0) is 18.2 Å². The number of nitrogens with zero attached hydrogens (tertiary/aromatic N) is 6. The average Bonchev–Trinajstić information content (AvgIpc) is 3.03. The van der Waals surface area contributed by atoms with Crippen LogP contribution in [0.25, 0.3) is 11.0 Å². The molecule has 0 aliphatic carbocycles. The maximum Gasteiger partial charge on any atom is 0.238 e. The van der Waals surface area contributed by atoms with Crippen molar-refractivity contribution in [3.63, 3.8) is 0 Å². The van der Waals surface area contributed by atoms with Crippen molar-refractivity contribution in [3.05, 3.63) is 40.8 Å². The number of nitrogens with one attached hydrogen (secondary N) is 1. The van der Waals surface area contributed by atoms with Crippen LogP contribution in [0.4, 0.5) is 11.5 Å². The van der Waals surface area contributed by atoms with Gasteiger partial charge in [0.1, 0.15) is 12.1 Å². The second-order valence-corrected chi connectivity index (χ2v) is 7.55. The third kappa shape index (κ3) is 4.04. The molecule has 0 bridgehead atoms. The van der Waals surface area contributed by atoms with Gasteiger partial charge in [-0.1, -0.05) is 23.2 Å². The molecular weight excluding hydrogens is 401 g/mol. The number of aromatic nitrogens is 4. The number of hydrogen-bond donors (Lipinski definition) is 1. The molecule has 1 aliphatic rings. The Labute approximate surface area is 172 Å². The highest BCUT2D eigenvalue weighted by Crippen LogP contribution is 2.24. The Hall–Kier alpha value is -2.42. The Morgan fingerprint density at radius 3 is 2.54 bits per heavy atom. The zero-order chi connectivity index (χ0) is 19.7. The van der Waals surface area contributed by atoms with Crippen LogP contribution < -0.4 is 10.2 Å². The molecule has 28 heavy (non-hydrogen) atoms. The predicted molar refractivity (Wildman–Crippen MR) is 110 cm³/mol. The first-order chi connectivity index (χ1) is 13.5. The highest BCUT2D eigenvalue weighted by molar-refractivity contribution is 6.35. The van der Waals surface area contributed by atoms with Crippen molar-refractivity contribution in [1.29, 1.82) is 0 Å². The number of aryl methyl sites for hydroxylation is 1. The number of piperazine rings is 1. The molecule has 3 heterocycles. The van der Waals surface area contributed by atoms with Crippen LogP contribution >= 0.6 is 23.2 Å². The maximum absolute atomic E-state index is 12.3. The van der Waals surface area contributed by atoms with Gasteiger partial charge in [-0.15, -0.1) is 0 Å². The van der Waals surface area contributed by atoms with Crippen molar-refractivity contribution >= 4 is 51.6 Å². The molecule has 0 atom stereocenters. The molecule has 1 aromatic carbocycles. The summed E-state index contributed by atoms with van der Waals surface area (Å²) in [5.74, 6) is 0.791. The van der Waals surface area contributed by atoms with E-state index in [1.807, 2.05) is 7.05 Å². The van der Waals surface area contributed by atoms with E-state index in [-0.39, 0.29) is 5.91 Å². The van der Waals surface area contributed by atoms with Crippen LogP contribution in [0, 0.1) is 0 Å². The van der Waals surface area contributed by atoms with Gasteiger partial charge >= 0.3 is 0 Å². The summed E-state index contributed by atoms with van der Waals surface area (Å²) in [7, 11) is 1.86. The number of benzene rings is 1. The molecule has 10 heteroatoms. The van der Waals surface area contributed by atoms with Gasteiger partial charge in [-0.3, -0.25) is 14.4 Å². The maximum atomic E-state index is 12.3. The first-order valence-electron chi connectivity index (χ1n) is 8.85. The normalized spacial score (nSPS) is 15.2. The summed E-state index contributed by atoms with van der Waals surface area (Å²) >= 11 is 11.9. The minimum atomic E-state index is -0.0940. The fraction of sp³-hybridized carbons (Fsp3) is 0.333. The number of fused-ring (bicyclic) bond motifs is 1. The summed E-state index contributed by atoms with van der Waals surface area (Å²) in [4.78, 5) is 25.4. The van der Waals surface area contributed by atoms with E-state index in [4.69, 9.17) is 23.2 Å². The molecule has 3 aromatic rings. The summed E-state index contributed by atoms with van der Waals surface area (Å²) in [6, 6.07) is 4.99. The number of amides is 1. The standard InChI is InChI=1S/C18H19Cl2N7O/c1-25-17-15(9-23-25)18(22-11-21-17)27-4-2-26(3-5-27)10-16(28)24-14-7-12(19)6-13(20)8-14/h6-9,11H,2-5,10H2,1H3,(H,24,28). The minimum absolute atomic E-state index is 0.0940. The number of rotatable bonds is 4. The van der Waals surface area contributed by atoms with Gasteiger partial charge in [0.05, 0.1) is 18.1 Å². The highest BCUT2D eigenvalue weighted by Gasteiger charge is 2.22. The molecular formula is C18H19Cl2N7O. The minimum Gasteiger partial charge on any atom is -0.353 e. The second-order valence-electron chi connectivity index (χ2n) is 6.67. The number of carbonyl (C=O) groups is 1. The van der Waals surface area contributed by atoms with Crippen molar-refractivity contribution in [3.8, 4) is 0 Å². The average molecular weight is 420 g/mol. The molecule has 0 unspecified atom stereocenters. The Balaban J connectivity index is 1.35. The number of carbonyl (C=O) groups excluding carboxylic acids is 1. The summed E-state index contributed by atoms with van der Waals surface area (Å²) < 4.78 is 1.74. The molecule has 0 radical (unpaired) electrons. The lowest BCUT2D eigenvalue weighted by atomic mass is 10.2. The van der Waals surface area contributed by atoms with Crippen LogP contribution in [0.2, 0.25) is 10.0 Å². The Morgan fingerprint density at radius 2 is 1.82 bits per heavy atom. The van der Waals surface area contributed by atoms with Crippen molar-refractivity contribution in [2.75, 3.05) is 42.9 Å². The van der Waals surface area contributed by atoms with Crippen LogP contribution in [0.5, 0.6) is 0 Å². The first kappa shape index (κ1) is 18.9. The lowest BCUT2D eigenvalue weighted by Crippen LogP contribution is -2.49. The van der Waals surface area contributed by atoms with Crippen molar-refractivity contribution in [2.45, 2.75) is 0 Å². The molecule has 1 amide bonds. The van der Waals surface area contributed by atoms with Gasteiger partial charge in [0.25, 0.3) is 0 Å². The lowest BCUT2D eigenvalue weighted by Gasteiger charge is -2.35. The largest absolute Gasteiger partial charge is 0.353 e. The van der Waals surface area contributed by atoms with Crippen molar-refractivity contribution in [2.24, 2.45) is 7.05 Å². The monoisotopic (exact) mass is 419 g/mol. The Bertz CT molecular complexity index is 994. The molecule has 146 valence electrons. The fourth-order valence-electron chi connectivity index (χ4n) is 3.35. The van der Waals surface area contributed by atoms with Crippen LogP contribution in [-0.2, 0) is 11.8 Å². The van der Waals surface area contributed by atoms with E-state index in [9.17, 15) is 4.79 Å². The van der Waals surface area contributed by atoms with Gasteiger partial charge < -0.3 is 10.2 Å². The third-order valence-corrected chi connectivity index (χ3v) is 5.13. The molecule has 1 saturated heterocycles. The zero-order valence-electron chi connectivity index (χ0n) is 15.3. The second kappa shape index (κ2) is 7.90. The fourth-order valence-corrected chi connectivity index (χ4v) is 3.88. The van der Waals surface area contributed by atoms with E-state index in [0.717, 1.165) is 43.0 Å². The van der Waals surface area contributed by atoms with E-state index in [0.29, 0.717) is 22.3 Å². The molecule has 0 spiro atoms. The molecule has 1 aliphatic heterocycles. The van der Waals surface area contributed by atoms with E-state index in [1.165, 1.54) is 0 Å². The molecule has 1 N–H and O–H groups in total. The van der Waals surface area contributed by atoms with Gasteiger partial charge in [0.15, 0.2) is 5.65 Å². The number of anilines is 2. The Kier molecular flexibility index (Phi) is 5.34. The SMILES string of the molecule is Cn1ncc2c(N3CCN(CC(=O)Nc4cc(Cl)cc(Cl)c4)CC3)ncnc21. The summed E-state index contributed by atoms with van der Waals surface area (Å²) in [5.41, 5.74) is 1.41. The lowest BCUT2D eigenvalue weighted by molar-refractivity contribution is -0.117. The van der Waals surface area contributed by atoms with Crippen molar-refractivity contribution < 1.29 is 4.79 Å². The van der Waals surface area contributed by atoms with Crippen LogP contribution in [-0.4, -0.2) is 63.3 Å². The molecule has 8 nitrogen and oxygen atoms in total. The van der Waals surface area contributed by atoms with Crippen LogP contribution in [0.3, 0.4) is 0 Å². The van der Waals surface area contributed by atoms with Gasteiger partial charge in [0, 0.05) is 49.0 Å². The van der Waals surface area contributed by atoms with E-state index < -0.39 is 0 Å². The smallest absolute Gasteiger partial charge is 0.238 e. The summed E-state index contributed by atoms with van der Waals surface area (Å²) in [6.45, 7) is 3.38. The van der Waals surface area contributed by atoms with Gasteiger partial charge in [0.2, 0.25) is 5.91 Å². The first-order valence-corrected chi connectivity index (χ1v) is 9.61. The van der Waals surface area contributed by atoms with Crippen LogP contribution in [0.1, 0.15) is 0 Å². The third-order valence-electron chi connectivity index (χ3n) is 4.69. The quantitative estimate of drug-likeness (QED) is 0.699. The van der Waals surface area contributed by atoms with E-state index in [1.54, 1.807) is 35.4 Å². The molecule has 4 rings (SSSR count). The van der Waals surface area contributed by atoms with Gasteiger partial charge in [-0.25, -0.2) is 9.97 Å².